The van der Waals surface area contributed by atoms with E-state index in [0.717, 1.165) is 43.3 Å². The van der Waals surface area contributed by atoms with E-state index in [0.29, 0.717) is 17.7 Å². The van der Waals surface area contributed by atoms with E-state index in [9.17, 15) is 4.79 Å². The lowest BCUT2D eigenvalue weighted by molar-refractivity contribution is -0.133. The van der Waals surface area contributed by atoms with Gasteiger partial charge in [-0.15, -0.1) is 0 Å². The quantitative estimate of drug-likeness (QED) is 0.830. The molecule has 0 spiro atoms. The predicted octanol–water partition coefficient (Wildman–Crippen LogP) is 2.64. The zero-order valence-corrected chi connectivity index (χ0v) is 11.9. The Kier molecular flexibility index (Phi) is 3.40. The molecular weight excluding hydrogens is 260 g/mol. The van der Waals surface area contributed by atoms with E-state index in [4.69, 9.17) is 11.6 Å². The number of carbonyl (C=O) groups excluding carboxylic acids is 1. The van der Waals surface area contributed by atoms with Gasteiger partial charge in [-0.3, -0.25) is 4.79 Å². The summed E-state index contributed by atoms with van der Waals surface area (Å²) >= 11 is 6.02. The molecule has 1 saturated heterocycles. The van der Waals surface area contributed by atoms with Crippen LogP contribution in [0, 0.1) is 11.8 Å². The molecule has 1 heterocycles. The third-order valence-corrected chi connectivity index (χ3v) is 4.43. The minimum Gasteiger partial charge on any atom is -0.368 e. The molecule has 3 rings (SSSR count). The Morgan fingerprint density at radius 3 is 2.53 bits per heavy atom. The molecule has 1 aromatic carbocycles. The first-order valence-electron chi connectivity index (χ1n) is 6.94. The summed E-state index contributed by atoms with van der Waals surface area (Å²) in [6.45, 7) is 5.61. The van der Waals surface area contributed by atoms with Gasteiger partial charge < -0.3 is 9.80 Å². The van der Waals surface area contributed by atoms with Crippen LogP contribution >= 0.6 is 11.6 Å². The normalized spacial score (nSPS) is 26.4. The Bertz CT molecular complexity index is 483. The lowest BCUT2D eigenvalue weighted by Crippen LogP contribution is -2.49. The fourth-order valence-corrected chi connectivity index (χ4v) is 2.94. The van der Waals surface area contributed by atoms with Crippen molar-refractivity contribution in [2.75, 3.05) is 31.1 Å². The van der Waals surface area contributed by atoms with Crippen LogP contribution < -0.4 is 4.90 Å². The highest BCUT2D eigenvalue weighted by molar-refractivity contribution is 6.30. The number of carbonyl (C=O) groups is 1. The van der Waals surface area contributed by atoms with Gasteiger partial charge in [0.15, 0.2) is 0 Å². The van der Waals surface area contributed by atoms with Crippen molar-refractivity contribution in [1.29, 1.82) is 0 Å². The second kappa shape index (κ2) is 5.04. The zero-order chi connectivity index (χ0) is 13.4. The topological polar surface area (TPSA) is 23.6 Å². The maximum absolute atomic E-state index is 12.2. The molecule has 2 fully saturated rings. The molecular formula is C15H19ClN2O. The molecule has 2 aliphatic rings. The number of rotatable bonds is 2. The summed E-state index contributed by atoms with van der Waals surface area (Å²) in [6.07, 6.45) is 1.08. The lowest BCUT2D eigenvalue weighted by atomic mass is 10.2. The van der Waals surface area contributed by atoms with Crippen LogP contribution in [0.3, 0.4) is 0 Å². The molecule has 1 amide bonds. The maximum Gasteiger partial charge on any atom is 0.226 e. The zero-order valence-electron chi connectivity index (χ0n) is 11.2. The van der Waals surface area contributed by atoms with Gasteiger partial charge in [0.1, 0.15) is 0 Å². The van der Waals surface area contributed by atoms with Gasteiger partial charge in [-0.2, -0.15) is 0 Å². The van der Waals surface area contributed by atoms with Crippen LogP contribution in [0.25, 0.3) is 0 Å². The summed E-state index contributed by atoms with van der Waals surface area (Å²) in [5, 5.41) is 0.766. The van der Waals surface area contributed by atoms with Crippen LogP contribution in [-0.4, -0.2) is 37.0 Å². The SMILES string of the molecule is CC1CC1C(=O)N1CCN(c2cccc(Cl)c2)CC1. The van der Waals surface area contributed by atoms with Crippen molar-refractivity contribution < 1.29 is 4.79 Å². The van der Waals surface area contributed by atoms with Crippen LogP contribution in [0.15, 0.2) is 24.3 Å². The lowest BCUT2D eigenvalue weighted by Gasteiger charge is -2.36. The molecule has 102 valence electrons. The van der Waals surface area contributed by atoms with Gasteiger partial charge >= 0.3 is 0 Å². The average Bonchev–Trinajstić information content (AvgIpc) is 3.15. The maximum atomic E-state index is 12.2. The van der Waals surface area contributed by atoms with E-state index in [1.165, 1.54) is 0 Å². The predicted molar refractivity (Wildman–Crippen MR) is 77.5 cm³/mol. The van der Waals surface area contributed by atoms with Crippen molar-refractivity contribution in [1.82, 2.24) is 4.90 Å². The average molecular weight is 279 g/mol. The first-order valence-corrected chi connectivity index (χ1v) is 7.32. The number of benzene rings is 1. The van der Waals surface area contributed by atoms with Gasteiger partial charge in [-0.25, -0.2) is 0 Å². The Morgan fingerprint density at radius 2 is 1.95 bits per heavy atom. The van der Waals surface area contributed by atoms with Gasteiger partial charge in [0.2, 0.25) is 5.91 Å². The molecule has 3 nitrogen and oxygen atoms in total. The first-order chi connectivity index (χ1) is 9.15. The van der Waals surface area contributed by atoms with Gasteiger partial charge in [0.25, 0.3) is 0 Å². The first kappa shape index (κ1) is 12.8. The van der Waals surface area contributed by atoms with Gasteiger partial charge in [-0.05, 0) is 30.5 Å². The fraction of sp³-hybridized carbons (Fsp3) is 0.533. The molecule has 1 saturated carbocycles. The van der Waals surface area contributed by atoms with E-state index < -0.39 is 0 Å². The molecule has 4 heteroatoms. The molecule has 19 heavy (non-hydrogen) atoms. The summed E-state index contributed by atoms with van der Waals surface area (Å²) < 4.78 is 0. The second-order valence-corrected chi connectivity index (χ2v) is 6.05. The summed E-state index contributed by atoms with van der Waals surface area (Å²) in [4.78, 5) is 16.5. The van der Waals surface area contributed by atoms with E-state index in [1.807, 2.05) is 23.1 Å². The molecule has 2 unspecified atom stereocenters. The summed E-state index contributed by atoms with van der Waals surface area (Å²) in [6, 6.07) is 7.93. The number of anilines is 1. The van der Waals surface area contributed by atoms with E-state index in [-0.39, 0.29) is 0 Å². The molecule has 0 radical (unpaired) electrons. The summed E-state index contributed by atoms with van der Waals surface area (Å²) in [5.41, 5.74) is 1.15. The van der Waals surface area contributed by atoms with Crippen LogP contribution in [0.1, 0.15) is 13.3 Å². The van der Waals surface area contributed by atoms with Crippen molar-refractivity contribution in [2.45, 2.75) is 13.3 Å². The van der Waals surface area contributed by atoms with Crippen molar-refractivity contribution in [3.8, 4) is 0 Å². The minimum atomic E-state index is 0.303. The number of amides is 1. The van der Waals surface area contributed by atoms with E-state index in [1.54, 1.807) is 0 Å². The molecule has 0 N–H and O–H groups in total. The van der Waals surface area contributed by atoms with Crippen molar-refractivity contribution in [3.05, 3.63) is 29.3 Å². The van der Waals surface area contributed by atoms with Gasteiger partial charge in [0, 0.05) is 42.8 Å². The van der Waals surface area contributed by atoms with Crippen molar-refractivity contribution in [2.24, 2.45) is 11.8 Å². The van der Waals surface area contributed by atoms with E-state index >= 15 is 0 Å². The number of hydrogen-bond acceptors (Lipinski definition) is 2. The van der Waals surface area contributed by atoms with Crippen LogP contribution in [0.5, 0.6) is 0 Å². The van der Waals surface area contributed by atoms with Gasteiger partial charge in [0.05, 0.1) is 0 Å². The smallest absolute Gasteiger partial charge is 0.226 e. The van der Waals surface area contributed by atoms with Crippen molar-refractivity contribution in [3.63, 3.8) is 0 Å². The Labute approximate surface area is 119 Å². The Hall–Kier alpha value is -1.22. The molecule has 2 atom stereocenters. The highest BCUT2D eigenvalue weighted by Crippen LogP contribution is 2.39. The minimum absolute atomic E-state index is 0.303. The third kappa shape index (κ3) is 2.71. The van der Waals surface area contributed by atoms with Gasteiger partial charge in [-0.1, -0.05) is 24.6 Å². The third-order valence-electron chi connectivity index (χ3n) is 4.19. The highest BCUT2D eigenvalue weighted by atomic mass is 35.5. The standard InChI is InChI=1S/C15H19ClN2O/c1-11-9-14(11)15(19)18-7-5-17(6-8-18)13-4-2-3-12(16)10-13/h2-4,10-11,14H,5-9H2,1H3. The largest absolute Gasteiger partial charge is 0.368 e. The summed E-state index contributed by atoms with van der Waals surface area (Å²) in [5.74, 6) is 1.26. The van der Waals surface area contributed by atoms with Crippen LogP contribution in [-0.2, 0) is 4.79 Å². The monoisotopic (exact) mass is 278 g/mol. The number of nitrogens with zero attached hydrogens (tertiary/aromatic N) is 2. The highest BCUT2D eigenvalue weighted by Gasteiger charge is 2.41. The number of halogens is 1. The number of hydrogen-bond donors (Lipinski definition) is 0. The molecule has 0 aromatic heterocycles. The summed E-state index contributed by atoms with van der Waals surface area (Å²) in [7, 11) is 0. The molecule has 1 aliphatic carbocycles. The molecule has 1 aliphatic heterocycles. The molecule has 1 aromatic rings. The Balaban J connectivity index is 1.59. The molecule has 0 bridgehead atoms. The second-order valence-electron chi connectivity index (χ2n) is 5.61. The van der Waals surface area contributed by atoms with Crippen molar-refractivity contribution >= 4 is 23.2 Å². The fourth-order valence-electron chi connectivity index (χ4n) is 2.76. The van der Waals surface area contributed by atoms with Crippen LogP contribution in [0.2, 0.25) is 5.02 Å². The van der Waals surface area contributed by atoms with Crippen LogP contribution in [0.4, 0.5) is 5.69 Å². The Morgan fingerprint density at radius 1 is 1.26 bits per heavy atom. The number of piperazine rings is 1. The van der Waals surface area contributed by atoms with E-state index in [2.05, 4.69) is 17.9 Å².